The predicted octanol–water partition coefficient (Wildman–Crippen LogP) is 1.38. The van der Waals surface area contributed by atoms with E-state index in [1.807, 2.05) is 0 Å². The van der Waals surface area contributed by atoms with Crippen LogP contribution in [0, 0.1) is 0 Å². The van der Waals surface area contributed by atoms with E-state index in [1.165, 1.54) is 49.5 Å². The first-order valence-electron chi connectivity index (χ1n) is 5.72. The molecule has 0 atom stereocenters. The molecular weight excluding hydrogens is 280 g/mol. The number of hydrogen-bond donors (Lipinski definition) is 2. The number of hydrogen-bond acceptors (Lipinski definition) is 4. The van der Waals surface area contributed by atoms with Crippen molar-refractivity contribution in [1.29, 1.82) is 0 Å². The minimum absolute atomic E-state index is 0.0755. The summed E-state index contributed by atoms with van der Waals surface area (Å²) in [6.07, 6.45) is 1.40. The van der Waals surface area contributed by atoms with Crippen LogP contribution >= 0.6 is 0 Å². The molecule has 1 aromatic carbocycles. The van der Waals surface area contributed by atoms with Crippen molar-refractivity contribution in [3.8, 4) is 0 Å². The van der Waals surface area contributed by atoms with Gasteiger partial charge in [0, 0.05) is 11.8 Å². The lowest BCUT2D eigenvalue weighted by molar-refractivity contribution is 0.101. The maximum Gasteiger partial charge on any atom is 0.272 e. The minimum atomic E-state index is -3.91. The molecular formula is C13H12N2O4S. The van der Waals surface area contributed by atoms with E-state index in [0.29, 0.717) is 0 Å². The molecule has 0 radical (unpaired) electrons. The second-order valence-corrected chi connectivity index (χ2v) is 5.78. The third-order valence-corrected chi connectivity index (χ3v) is 3.98. The van der Waals surface area contributed by atoms with Crippen LogP contribution in [0.1, 0.15) is 17.3 Å². The number of aromatic amines is 1. The molecule has 1 heterocycles. The third kappa shape index (κ3) is 2.94. The molecule has 2 aromatic rings. The first-order chi connectivity index (χ1) is 9.40. The summed E-state index contributed by atoms with van der Waals surface area (Å²) in [5.74, 6) is -0.236. The quantitative estimate of drug-likeness (QED) is 0.832. The fraction of sp³-hybridized carbons (Fsp3) is 0.0769. The van der Waals surface area contributed by atoms with Gasteiger partial charge in [0.2, 0.25) is 0 Å². The zero-order valence-electron chi connectivity index (χ0n) is 10.6. The summed E-state index contributed by atoms with van der Waals surface area (Å²) in [5, 5.41) is 0. The molecule has 0 aliphatic rings. The number of carbonyl (C=O) groups excluding carboxylic acids is 1. The van der Waals surface area contributed by atoms with Crippen LogP contribution in [0.4, 0.5) is 5.69 Å². The molecule has 0 fully saturated rings. The number of aromatic nitrogens is 1. The lowest BCUT2D eigenvalue weighted by Crippen LogP contribution is -2.20. The Morgan fingerprint density at radius 2 is 1.95 bits per heavy atom. The Bertz CT molecular complexity index is 809. The van der Waals surface area contributed by atoms with Crippen molar-refractivity contribution in [2.75, 3.05) is 4.72 Å². The zero-order chi connectivity index (χ0) is 14.8. The standard InChI is InChI=1S/C13H12N2O4S/c1-9(16)10-4-2-5-11(8-10)20(18,19)15-12-6-3-7-14-13(12)17/h2-8,15H,1H3,(H,14,17). The maximum atomic E-state index is 12.2. The average Bonchev–Trinajstić information content (AvgIpc) is 2.41. The molecule has 0 amide bonds. The van der Waals surface area contributed by atoms with E-state index in [0.717, 1.165) is 0 Å². The molecule has 0 aliphatic heterocycles. The van der Waals surface area contributed by atoms with Crippen molar-refractivity contribution in [2.45, 2.75) is 11.8 Å². The van der Waals surface area contributed by atoms with E-state index in [2.05, 4.69) is 9.71 Å². The van der Waals surface area contributed by atoms with Gasteiger partial charge in [-0.1, -0.05) is 12.1 Å². The van der Waals surface area contributed by atoms with E-state index in [1.54, 1.807) is 0 Å². The lowest BCUT2D eigenvalue weighted by atomic mass is 10.2. The van der Waals surface area contributed by atoms with Crippen LogP contribution in [-0.4, -0.2) is 19.2 Å². The van der Waals surface area contributed by atoms with E-state index in [9.17, 15) is 18.0 Å². The van der Waals surface area contributed by atoms with Crippen LogP contribution in [-0.2, 0) is 10.0 Å². The van der Waals surface area contributed by atoms with Crippen LogP contribution in [0.2, 0.25) is 0 Å². The molecule has 20 heavy (non-hydrogen) atoms. The summed E-state index contributed by atoms with van der Waals surface area (Å²) >= 11 is 0. The van der Waals surface area contributed by atoms with Crippen molar-refractivity contribution < 1.29 is 13.2 Å². The van der Waals surface area contributed by atoms with Gasteiger partial charge in [-0.25, -0.2) is 8.42 Å². The number of nitrogens with one attached hydrogen (secondary N) is 2. The topological polar surface area (TPSA) is 96.1 Å². The molecule has 2 N–H and O–H groups in total. The van der Waals surface area contributed by atoms with E-state index in [-0.39, 0.29) is 21.9 Å². The molecule has 2 rings (SSSR count). The number of rotatable bonds is 4. The first-order valence-corrected chi connectivity index (χ1v) is 7.20. The van der Waals surface area contributed by atoms with E-state index in [4.69, 9.17) is 0 Å². The molecule has 0 saturated carbocycles. The Hall–Kier alpha value is -2.41. The number of carbonyl (C=O) groups is 1. The van der Waals surface area contributed by atoms with Gasteiger partial charge in [-0.15, -0.1) is 0 Å². The molecule has 0 saturated heterocycles. The fourth-order valence-electron chi connectivity index (χ4n) is 1.59. The molecule has 6 nitrogen and oxygen atoms in total. The Kier molecular flexibility index (Phi) is 3.71. The minimum Gasteiger partial charge on any atom is -0.327 e. The summed E-state index contributed by atoms with van der Waals surface area (Å²) in [5.41, 5.74) is -0.339. The normalized spacial score (nSPS) is 11.1. The fourth-order valence-corrected chi connectivity index (χ4v) is 2.70. The molecule has 0 aliphatic carbocycles. The Balaban J connectivity index is 2.41. The molecule has 1 aromatic heterocycles. The van der Waals surface area contributed by atoms with Crippen LogP contribution in [0.5, 0.6) is 0 Å². The summed E-state index contributed by atoms with van der Waals surface area (Å²) in [4.78, 5) is 25.0. The molecule has 104 valence electrons. The van der Waals surface area contributed by atoms with Crippen LogP contribution in [0.3, 0.4) is 0 Å². The zero-order valence-corrected chi connectivity index (χ0v) is 11.4. The van der Waals surface area contributed by atoms with Gasteiger partial charge in [-0.3, -0.25) is 14.3 Å². The highest BCUT2D eigenvalue weighted by atomic mass is 32.2. The second-order valence-electron chi connectivity index (χ2n) is 4.10. The Morgan fingerprint density at radius 1 is 1.20 bits per heavy atom. The highest BCUT2D eigenvalue weighted by Crippen LogP contribution is 2.15. The van der Waals surface area contributed by atoms with Crippen molar-refractivity contribution in [2.24, 2.45) is 0 Å². The third-order valence-electron chi connectivity index (χ3n) is 2.61. The highest BCUT2D eigenvalue weighted by Gasteiger charge is 2.16. The number of H-pyrrole nitrogens is 1. The summed E-state index contributed by atoms with van der Waals surface area (Å²) in [6, 6.07) is 8.47. The summed E-state index contributed by atoms with van der Waals surface area (Å²) in [7, 11) is -3.91. The van der Waals surface area contributed by atoms with Crippen molar-refractivity contribution in [3.63, 3.8) is 0 Å². The maximum absolute atomic E-state index is 12.2. The number of anilines is 1. The number of ketones is 1. The SMILES string of the molecule is CC(=O)c1cccc(S(=O)(=O)Nc2ccc[nH]c2=O)c1. The lowest BCUT2D eigenvalue weighted by Gasteiger charge is -2.07. The van der Waals surface area contributed by atoms with Gasteiger partial charge in [-0.05, 0) is 31.2 Å². The van der Waals surface area contributed by atoms with Gasteiger partial charge >= 0.3 is 0 Å². The van der Waals surface area contributed by atoms with E-state index < -0.39 is 15.6 Å². The van der Waals surface area contributed by atoms with Crippen LogP contribution in [0.15, 0.2) is 52.3 Å². The number of Topliss-reactive ketones (excluding diaryl/α,β-unsaturated/α-hetero) is 1. The smallest absolute Gasteiger partial charge is 0.272 e. The Labute approximate surface area is 115 Å². The van der Waals surface area contributed by atoms with Gasteiger partial charge in [0.15, 0.2) is 5.78 Å². The predicted molar refractivity (Wildman–Crippen MR) is 74.3 cm³/mol. The van der Waals surface area contributed by atoms with Crippen molar-refractivity contribution in [3.05, 3.63) is 58.5 Å². The van der Waals surface area contributed by atoms with Gasteiger partial charge < -0.3 is 4.98 Å². The average molecular weight is 292 g/mol. The van der Waals surface area contributed by atoms with Gasteiger partial charge in [0.25, 0.3) is 15.6 Å². The molecule has 7 heteroatoms. The number of benzene rings is 1. The molecule has 0 spiro atoms. The van der Waals surface area contributed by atoms with Gasteiger partial charge in [0.05, 0.1) is 4.90 Å². The van der Waals surface area contributed by atoms with Crippen LogP contribution < -0.4 is 10.3 Å². The number of sulfonamides is 1. The van der Waals surface area contributed by atoms with Gasteiger partial charge in [-0.2, -0.15) is 0 Å². The summed E-state index contributed by atoms with van der Waals surface area (Å²) in [6.45, 7) is 1.35. The largest absolute Gasteiger partial charge is 0.327 e. The monoisotopic (exact) mass is 292 g/mol. The second kappa shape index (κ2) is 5.30. The van der Waals surface area contributed by atoms with Crippen molar-refractivity contribution >= 4 is 21.5 Å². The van der Waals surface area contributed by atoms with E-state index >= 15 is 0 Å². The Morgan fingerprint density at radius 3 is 2.60 bits per heavy atom. The highest BCUT2D eigenvalue weighted by molar-refractivity contribution is 7.92. The van der Waals surface area contributed by atoms with Crippen molar-refractivity contribution in [1.82, 2.24) is 4.98 Å². The molecule has 0 bridgehead atoms. The summed E-state index contributed by atoms with van der Waals surface area (Å²) < 4.78 is 26.5. The molecule has 0 unspecified atom stereocenters. The first kappa shape index (κ1) is 14.0. The van der Waals surface area contributed by atoms with Gasteiger partial charge in [0.1, 0.15) is 5.69 Å². The number of pyridine rings is 1. The van der Waals surface area contributed by atoms with Crippen LogP contribution in [0.25, 0.3) is 0 Å².